The van der Waals surface area contributed by atoms with Crippen LogP contribution in [-0.2, 0) is 0 Å². The number of halogens is 1. The van der Waals surface area contributed by atoms with Crippen molar-refractivity contribution in [2.45, 2.75) is 6.92 Å². The van der Waals surface area contributed by atoms with Crippen molar-refractivity contribution in [3.05, 3.63) is 70.7 Å². The molecule has 0 aliphatic carbocycles. The molecule has 10 heteroatoms. The maximum Gasteiger partial charge on any atom is 0.336 e. The maximum atomic E-state index is 11.4. The van der Waals surface area contributed by atoms with E-state index in [1.165, 1.54) is 6.07 Å². The number of ether oxygens (including phenoxy) is 1. The van der Waals surface area contributed by atoms with Crippen LogP contribution in [0.5, 0.6) is 17.8 Å². The molecule has 3 aromatic carbocycles. The number of rotatable bonds is 5. The molecule has 9 nitrogen and oxygen atoms in total. The summed E-state index contributed by atoms with van der Waals surface area (Å²) in [6.45, 7) is 1.72. The van der Waals surface area contributed by atoms with E-state index in [1.807, 2.05) is 30.3 Å². The van der Waals surface area contributed by atoms with Gasteiger partial charge in [-0.15, -0.1) is 5.10 Å². The van der Waals surface area contributed by atoms with Gasteiger partial charge in [-0.05, 0) is 42.3 Å². The summed E-state index contributed by atoms with van der Waals surface area (Å²) in [5.41, 5.74) is 4.53. The Bertz CT molecular complexity index is 1510. The fourth-order valence-electron chi connectivity index (χ4n) is 3.47. The summed E-state index contributed by atoms with van der Waals surface area (Å²) < 4.78 is 5.75. The second-order valence-electron chi connectivity index (χ2n) is 7.35. The molecule has 0 saturated carbocycles. The third-order valence-corrected chi connectivity index (χ3v) is 5.46. The minimum atomic E-state index is -1.02. The van der Waals surface area contributed by atoms with E-state index in [0.29, 0.717) is 33.2 Å². The van der Waals surface area contributed by atoms with Gasteiger partial charge < -0.3 is 19.9 Å². The van der Waals surface area contributed by atoms with E-state index in [-0.39, 0.29) is 17.6 Å². The Hall–Kier alpha value is -4.37. The number of aromatic carboxylic acids is 1. The first kappa shape index (κ1) is 20.5. The average Bonchev–Trinajstić information content (AvgIpc) is 3.39. The molecule has 0 bridgehead atoms. The molecule has 2 heterocycles. The zero-order valence-electron chi connectivity index (χ0n) is 17.1. The van der Waals surface area contributed by atoms with Crippen LogP contribution in [0.25, 0.3) is 33.5 Å². The molecule has 0 aliphatic heterocycles. The number of aromatic nitrogens is 5. The van der Waals surface area contributed by atoms with Gasteiger partial charge in [-0.25, -0.2) is 4.79 Å². The van der Waals surface area contributed by atoms with E-state index < -0.39 is 5.97 Å². The van der Waals surface area contributed by atoms with E-state index in [9.17, 15) is 15.0 Å². The number of H-pyrrole nitrogens is 2. The van der Waals surface area contributed by atoms with Gasteiger partial charge in [-0.1, -0.05) is 47.0 Å². The first-order valence-electron chi connectivity index (χ1n) is 9.81. The van der Waals surface area contributed by atoms with Crippen molar-refractivity contribution in [3.8, 4) is 40.3 Å². The molecular formula is C23H16ClN5O4. The first-order valence-corrected chi connectivity index (χ1v) is 10.2. The van der Waals surface area contributed by atoms with Gasteiger partial charge in [0, 0.05) is 11.1 Å². The molecule has 0 amide bonds. The molecule has 33 heavy (non-hydrogen) atoms. The van der Waals surface area contributed by atoms with Gasteiger partial charge in [0.2, 0.25) is 0 Å². The Balaban J connectivity index is 1.45. The van der Waals surface area contributed by atoms with Crippen LogP contribution in [0.1, 0.15) is 15.9 Å². The highest BCUT2D eigenvalue weighted by Crippen LogP contribution is 2.34. The van der Waals surface area contributed by atoms with Crippen molar-refractivity contribution in [2.75, 3.05) is 0 Å². The Morgan fingerprint density at radius 2 is 1.76 bits per heavy atom. The average molecular weight is 462 g/mol. The van der Waals surface area contributed by atoms with Gasteiger partial charge in [0.1, 0.15) is 5.75 Å². The highest BCUT2D eigenvalue weighted by molar-refractivity contribution is 6.34. The maximum absolute atomic E-state index is 11.4. The van der Waals surface area contributed by atoms with Crippen LogP contribution in [0, 0.1) is 6.92 Å². The van der Waals surface area contributed by atoms with Crippen molar-refractivity contribution in [1.29, 1.82) is 0 Å². The quantitative estimate of drug-likeness (QED) is 0.283. The highest BCUT2D eigenvalue weighted by atomic mass is 35.5. The standard InChI is InChI=1S/C23H16ClN5O4/c1-11-2-7-14(8-15(11)21(30)31)33-23-25-18-9-16(17(24)10-19(18)26-23)12-3-5-13(6-4-12)20-27-22(32)29-28-20/h2-10H,1H3,(H,25,26)(H,30,31)(H2,27,28,29,32). The zero-order chi connectivity index (χ0) is 23.1. The second kappa shape index (κ2) is 7.95. The van der Waals surface area contributed by atoms with Gasteiger partial charge >= 0.3 is 12.0 Å². The number of aromatic hydroxyl groups is 1. The molecule has 0 saturated heterocycles. The molecule has 0 unspecified atom stereocenters. The molecule has 164 valence electrons. The Morgan fingerprint density at radius 3 is 2.45 bits per heavy atom. The largest absolute Gasteiger partial charge is 0.479 e. The lowest BCUT2D eigenvalue weighted by Gasteiger charge is -2.05. The number of fused-ring (bicyclic) bond motifs is 1. The molecule has 4 N–H and O–H groups in total. The molecule has 2 aromatic heterocycles. The van der Waals surface area contributed by atoms with E-state index in [4.69, 9.17) is 16.3 Å². The predicted octanol–water partition coefficient (Wildman–Crippen LogP) is 5.17. The molecule has 5 aromatic rings. The number of carboxylic acid groups (broad SMARTS) is 1. The molecular weight excluding hydrogens is 446 g/mol. The second-order valence-corrected chi connectivity index (χ2v) is 7.76. The number of hydrogen-bond donors (Lipinski definition) is 4. The van der Waals surface area contributed by atoms with Crippen LogP contribution in [0.15, 0.2) is 54.6 Å². The number of carboxylic acids is 1. The van der Waals surface area contributed by atoms with Crippen LogP contribution < -0.4 is 4.74 Å². The molecule has 0 radical (unpaired) electrons. The van der Waals surface area contributed by atoms with Crippen molar-refractivity contribution >= 4 is 28.6 Å². The lowest BCUT2D eigenvalue weighted by Crippen LogP contribution is -2.00. The number of aryl methyl sites for hydroxylation is 1. The molecule has 0 aliphatic rings. The Morgan fingerprint density at radius 1 is 1.00 bits per heavy atom. The molecule has 0 atom stereocenters. The van der Waals surface area contributed by atoms with Crippen LogP contribution >= 0.6 is 11.6 Å². The number of imidazole rings is 1. The summed E-state index contributed by atoms with van der Waals surface area (Å²) in [5, 5.41) is 26.6. The van der Waals surface area contributed by atoms with Crippen LogP contribution in [0.2, 0.25) is 5.02 Å². The SMILES string of the molecule is Cc1ccc(Oc2nc3cc(-c4ccc(-c5nnc(O)[nH]5)cc4)c(Cl)cc3[nH]2)cc1C(=O)O. The lowest BCUT2D eigenvalue weighted by atomic mass is 10.0. The third-order valence-electron chi connectivity index (χ3n) is 5.15. The van der Waals surface area contributed by atoms with Crippen molar-refractivity contribution in [3.63, 3.8) is 0 Å². The number of hydrogen-bond acceptors (Lipinski definition) is 6. The third kappa shape index (κ3) is 3.97. The number of nitrogens with one attached hydrogen (secondary N) is 2. The minimum absolute atomic E-state index is 0.165. The molecule has 0 fully saturated rings. The molecule has 0 spiro atoms. The van der Waals surface area contributed by atoms with Crippen molar-refractivity contribution in [2.24, 2.45) is 0 Å². The van der Waals surface area contributed by atoms with Gasteiger partial charge in [-0.3, -0.25) is 4.98 Å². The summed E-state index contributed by atoms with van der Waals surface area (Å²) in [4.78, 5) is 21.6. The summed E-state index contributed by atoms with van der Waals surface area (Å²) >= 11 is 6.52. The van der Waals surface area contributed by atoms with Crippen LogP contribution in [0.4, 0.5) is 0 Å². The zero-order valence-corrected chi connectivity index (χ0v) is 17.9. The van der Waals surface area contributed by atoms with Gasteiger partial charge in [-0.2, -0.15) is 4.98 Å². The highest BCUT2D eigenvalue weighted by Gasteiger charge is 2.13. The number of nitrogens with zero attached hydrogens (tertiary/aromatic N) is 3. The molecule has 5 rings (SSSR count). The van der Waals surface area contributed by atoms with Gasteiger partial charge in [0.05, 0.1) is 21.6 Å². The number of aromatic amines is 2. The van der Waals surface area contributed by atoms with E-state index in [1.54, 1.807) is 25.1 Å². The van der Waals surface area contributed by atoms with Crippen LogP contribution in [-0.4, -0.2) is 41.3 Å². The summed E-state index contributed by atoms with van der Waals surface area (Å²) in [7, 11) is 0. The van der Waals surface area contributed by atoms with E-state index >= 15 is 0 Å². The van der Waals surface area contributed by atoms with Crippen molar-refractivity contribution in [1.82, 2.24) is 25.1 Å². The predicted molar refractivity (Wildman–Crippen MR) is 122 cm³/mol. The minimum Gasteiger partial charge on any atom is -0.479 e. The fourth-order valence-corrected chi connectivity index (χ4v) is 3.75. The van der Waals surface area contributed by atoms with Crippen LogP contribution in [0.3, 0.4) is 0 Å². The first-order chi connectivity index (χ1) is 15.9. The number of carbonyl (C=O) groups is 1. The summed E-state index contributed by atoms with van der Waals surface area (Å²) in [5.74, 6) is -0.209. The van der Waals surface area contributed by atoms with E-state index in [2.05, 4.69) is 25.1 Å². The monoisotopic (exact) mass is 461 g/mol. The normalized spacial score (nSPS) is 11.1. The van der Waals surface area contributed by atoms with E-state index in [0.717, 1.165) is 16.7 Å². The van der Waals surface area contributed by atoms with Gasteiger partial charge in [0.15, 0.2) is 5.82 Å². The smallest absolute Gasteiger partial charge is 0.336 e. The Labute approximate surface area is 191 Å². The fraction of sp³-hybridized carbons (Fsp3) is 0.0435. The topological polar surface area (TPSA) is 137 Å². The number of benzene rings is 3. The van der Waals surface area contributed by atoms with Gasteiger partial charge in [0.25, 0.3) is 6.01 Å². The summed E-state index contributed by atoms with van der Waals surface area (Å²) in [6, 6.07) is 15.8. The summed E-state index contributed by atoms with van der Waals surface area (Å²) in [6.07, 6.45) is 0. The Kier molecular flexibility index (Phi) is 4.95. The van der Waals surface area contributed by atoms with Crippen molar-refractivity contribution < 1.29 is 19.7 Å². The lowest BCUT2D eigenvalue weighted by molar-refractivity contribution is 0.0695.